The summed E-state index contributed by atoms with van der Waals surface area (Å²) in [4.78, 5) is 22.9. The number of aliphatic carboxylic acids is 1. The molecule has 6 nitrogen and oxygen atoms in total. The van der Waals surface area contributed by atoms with Crippen LogP contribution >= 0.6 is 0 Å². The van der Waals surface area contributed by atoms with Crippen LogP contribution in [-0.2, 0) is 9.59 Å². The van der Waals surface area contributed by atoms with Crippen LogP contribution in [0.2, 0.25) is 0 Å². The molecule has 4 rings (SSSR count). The number of ether oxygens (including phenoxy) is 1. The molecule has 0 aliphatic carbocycles. The summed E-state index contributed by atoms with van der Waals surface area (Å²) in [6, 6.07) is 13.0. The molecule has 1 aliphatic rings. The first-order valence-electron chi connectivity index (χ1n) is 8.29. The fourth-order valence-electron chi connectivity index (χ4n) is 3.44. The van der Waals surface area contributed by atoms with Crippen LogP contribution in [0.25, 0.3) is 11.0 Å². The number of carboxylic acids is 1. The summed E-state index contributed by atoms with van der Waals surface area (Å²) in [7, 11) is 0. The Morgan fingerprint density at radius 2 is 2.12 bits per heavy atom. The number of furan rings is 1. The van der Waals surface area contributed by atoms with Crippen LogP contribution in [0.15, 0.2) is 46.9 Å². The van der Waals surface area contributed by atoms with Crippen molar-refractivity contribution in [2.45, 2.75) is 19.3 Å². The van der Waals surface area contributed by atoms with Crippen molar-refractivity contribution in [1.82, 2.24) is 0 Å². The molecule has 132 valence electrons. The molecular formula is C20H17NO5. The lowest BCUT2D eigenvalue weighted by Gasteiger charge is -2.25. The number of carboxylic acid groups (broad SMARTS) is 1. The van der Waals surface area contributed by atoms with E-state index in [1.807, 2.05) is 37.3 Å². The highest BCUT2D eigenvalue weighted by Gasteiger charge is 2.31. The lowest BCUT2D eigenvalue weighted by Crippen LogP contribution is -2.23. The van der Waals surface area contributed by atoms with Crippen LogP contribution < -0.4 is 10.1 Å². The molecule has 0 saturated carbocycles. The summed E-state index contributed by atoms with van der Waals surface area (Å²) in [6.45, 7) is 1.57. The first kappa shape index (κ1) is 16.2. The molecule has 1 aromatic heterocycles. The highest BCUT2D eigenvalue weighted by Crippen LogP contribution is 2.42. The Hall–Kier alpha value is -3.28. The maximum atomic E-state index is 12.2. The van der Waals surface area contributed by atoms with E-state index < -0.39 is 12.6 Å². The first-order chi connectivity index (χ1) is 12.5. The van der Waals surface area contributed by atoms with Gasteiger partial charge in [-0.2, -0.15) is 0 Å². The summed E-state index contributed by atoms with van der Waals surface area (Å²) in [5.41, 5.74) is 3.37. The minimum absolute atomic E-state index is 0.113. The molecule has 3 aromatic rings. The topological polar surface area (TPSA) is 88.8 Å². The molecule has 0 bridgehead atoms. The third-order valence-corrected chi connectivity index (χ3v) is 4.62. The van der Waals surface area contributed by atoms with Crippen LogP contribution in [0.1, 0.15) is 29.2 Å². The van der Waals surface area contributed by atoms with Gasteiger partial charge in [0.15, 0.2) is 6.61 Å². The molecule has 0 saturated heterocycles. The Morgan fingerprint density at radius 3 is 2.88 bits per heavy atom. The Balaban J connectivity index is 1.75. The molecule has 2 N–H and O–H groups in total. The van der Waals surface area contributed by atoms with Gasteiger partial charge in [-0.3, -0.25) is 4.79 Å². The monoisotopic (exact) mass is 351 g/mol. The van der Waals surface area contributed by atoms with E-state index >= 15 is 0 Å². The normalized spacial score (nSPS) is 16.2. The Morgan fingerprint density at radius 1 is 1.31 bits per heavy atom. The number of anilines is 1. The Kier molecular flexibility index (Phi) is 3.88. The molecule has 1 aliphatic heterocycles. The van der Waals surface area contributed by atoms with Crippen molar-refractivity contribution in [3.63, 3.8) is 0 Å². The van der Waals surface area contributed by atoms with Crippen molar-refractivity contribution >= 4 is 28.5 Å². The first-order valence-corrected chi connectivity index (χ1v) is 8.29. The summed E-state index contributed by atoms with van der Waals surface area (Å²) >= 11 is 0. The largest absolute Gasteiger partial charge is 0.482 e. The number of fused-ring (bicyclic) bond motifs is 2. The molecule has 1 unspecified atom stereocenters. The second-order valence-corrected chi connectivity index (χ2v) is 6.32. The van der Waals surface area contributed by atoms with Gasteiger partial charge in [-0.25, -0.2) is 4.79 Å². The highest BCUT2D eigenvalue weighted by molar-refractivity contribution is 5.96. The van der Waals surface area contributed by atoms with Crippen molar-refractivity contribution in [3.05, 3.63) is 59.4 Å². The zero-order chi connectivity index (χ0) is 18.3. The molecule has 1 atom stereocenters. The zero-order valence-electron chi connectivity index (χ0n) is 14.1. The number of aryl methyl sites for hydroxylation is 1. The maximum Gasteiger partial charge on any atom is 0.341 e. The summed E-state index contributed by atoms with van der Waals surface area (Å²) < 4.78 is 11.3. The number of para-hydroxylation sites is 1. The van der Waals surface area contributed by atoms with E-state index in [0.29, 0.717) is 17.9 Å². The number of carbonyl (C=O) groups is 2. The number of carbonyl (C=O) groups excluding carboxylic acids is 1. The molecular weight excluding hydrogens is 334 g/mol. The molecule has 26 heavy (non-hydrogen) atoms. The van der Waals surface area contributed by atoms with E-state index in [9.17, 15) is 9.59 Å². The van der Waals surface area contributed by atoms with Crippen LogP contribution in [-0.4, -0.2) is 23.6 Å². The fraction of sp³-hybridized carbons (Fsp3) is 0.200. The van der Waals surface area contributed by atoms with E-state index in [4.69, 9.17) is 14.3 Å². The highest BCUT2D eigenvalue weighted by atomic mass is 16.5. The third-order valence-electron chi connectivity index (χ3n) is 4.62. The Labute approximate surface area is 149 Å². The van der Waals surface area contributed by atoms with E-state index in [1.54, 1.807) is 12.1 Å². The van der Waals surface area contributed by atoms with E-state index in [0.717, 1.165) is 27.9 Å². The number of hydrogen-bond donors (Lipinski definition) is 2. The average molecular weight is 351 g/mol. The molecule has 0 spiro atoms. The van der Waals surface area contributed by atoms with Crippen LogP contribution in [0, 0.1) is 6.92 Å². The van der Waals surface area contributed by atoms with Crippen molar-refractivity contribution in [1.29, 1.82) is 0 Å². The van der Waals surface area contributed by atoms with Crippen LogP contribution in [0.4, 0.5) is 5.69 Å². The van der Waals surface area contributed by atoms with Gasteiger partial charge in [-0.15, -0.1) is 0 Å². The quantitative estimate of drug-likeness (QED) is 0.748. The van der Waals surface area contributed by atoms with Gasteiger partial charge in [0.2, 0.25) is 5.91 Å². The smallest absolute Gasteiger partial charge is 0.341 e. The van der Waals surface area contributed by atoms with Crippen molar-refractivity contribution in [3.8, 4) is 5.75 Å². The van der Waals surface area contributed by atoms with Gasteiger partial charge in [-0.1, -0.05) is 24.3 Å². The molecule has 2 heterocycles. The minimum atomic E-state index is -1.05. The SMILES string of the molecule is Cc1c(C2CC(=O)Nc3cc(OCC(=O)O)ccc32)oc2ccccc12. The van der Waals surface area contributed by atoms with E-state index in [1.165, 1.54) is 0 Å². The summed E-state index contributed by atoms with van der Waals surface area (Å²) in [5, 5.41) is 12.6. The number of rotatable bonds is 4. The van der Waals surface area contributed by atoms with Crippen molar-refractivity contribution in [2.24, 2.45) is 0 Å². The van der Waals surface area contributed by atoms with Gasteiger partial charge in [0, 0.05) is 23.6 Å². The molecule has 0 radical (unpaired) electrons. The predicted molar refractivity (Wildman–Crippen MR) is 95.6 cm³/mol. The molecule has 1 amide bonds. The van der Waals surface area contributed by atoms with Gasteiger partial charge < -0.3 is 19.6 Å². The van der Waals surface area contributed by atoms with Gasteiger partial charge >= 0.3 is 5.97 Å². The zero-order valence-corrected chi connectivity index (χ0v) is 14.1. The lowest BCUT2D eigenvalue weighted by atomic mass is 9.86. The van der Waals surface area contributed by atoms with Crippen molar-refractivity contribution in [2.75, 3.05) is 11.9 Å². The minimum Gasteiger partial charge on any atom is -0.482 e. The standard InChI is InChI=1S/C20H17NO5/c1-11-13-4-2-3-5-17(13)26-20(11)15-9-18(22)21-16-8-12(6-7-14(15)16)25-10-19(23)24/h2-8,15H,9-10H2,1H3,(H,21,22)(H,23,24). The van der Waals surface area contributed by atoms with Crippen molar-refractivity contribution < 1.29 is 23.8 Å². The third kappa shape index (κ3) is 2.79. The van der Waals surface area contributed by atoms with Gasteiger partial charge in [0.05, 0.1) is 5.92 Å². The summed E-state index contributed by atoms with van der Waals surface area (Å²) in [5.74, 6) is -0.185. The molecule has 6 heteroatoms. The van der Waals surface area contributed by atoms with E-state index in [2.05, 4.69) is 5.32 Å². The van der Waals surface area contributed by atoms with Gasteiger partial charge in [0.1, 0.15) is 17.1 Å². The molecule has 0 fully saturated rings. The van der Waals surface area contributed by atoms with Crippen LogP contribution in [0.5, 0.6) is 5.75 Å². The number of nitrogens with one attached hydrogen (secondary N) is 1. The Bertz CT molecular complexity index is 1020. The average Bonchev–Trinajstić information content (AvgIpc) is 2.96. The summed E-state index contributed by atoms with van der Waals surface area (Å²) in [6.07, 6.45) is 0.295. The fourth-order valence-corrected chi connectivity index (χ4v) is 3.44. The molecule has 2 aromatic carbocycles. The van der Waals surface area contributed by atoms with Crippen LogP contribution in [0.3, 0.4) is 0 Å². The number of amides is 1. The van der Waals surface area contributed by atoms with Gasteiger partial charge in [0.25, 0.3) is 0 Å². The number of hydrogen-bond acceptors (Lipinski definition) is 4. The van der Waals surface area contributed by atoms with Gasteiger partial charge in [-0.05, 0) is 30.2 Å². The lowest BCUT2D eigenvalue weighted by molar-refractivity contribution is -0.139. The second-order valence-electron chi connectivity index (χ2n) is 6.32. The second kappa shape index (κ2) is 6.22. The number of benzene rings is 2. The predicted octanol–water partition coefficient (Wildman–Crippen LogP) is 3.68. The van der Waals surface area contributed by atoms with E-state index in [-0.39, 0.29) is 11.8 Å². The maximum absolute atomic E-state index is 12.2.